The van der Waals surface area contributed by atoms with Gasteiger partial charge in [-0.25, -0.2) is 13.9 Å². The predicted molar refractivity (Wildman–Crippen MR) is 111 cm³/mol. The van der Waals surface area contributed by atoms with E-state index in [-0.39, 0.29) is 11.8 Å². The summed E-state index contributed by atoms with van der Waals surface area (Å²) in [5.41, 5.74) is 2.86. The molecule has 2 aromatic carbocycles. The van der Waals surface area contributed by atoms with Crippen molar-refractivity contribution in [1.82, 2.24) is 24.9 Å². The molecule has 0 spiro atoms. The minimum absolute atomic E-state index is 0.146. The minimum atomic E-state index is -0.281. The van der Waals surface area contributed by atoms with Crippen LogP contribution in [0.2, 0.25) is 0 Å². The Hall–Kier alpha value is -3.19. The second-order valence-electron chi connectivity index (χ2n) is 7.13. The zero-order chi connectivity index (χ0) is 20.6. The molecular formula is C22H26FN5O. The number of hydrogen-bond donors (Lipinski definition) is 1. The second-order valence-corrected chi connectivity index (χ2v) is 7.13. The largest absolute Gasteiger partial charge is 0.334 e. The molecule has 0 unspecified atom stereocenters. The molecule has 1 N–H and O–H groups in total. The van der Waals surface area contributed by atoms with Gasteiger partial charge < -0.3 is 15.1 Å². The van der Waals surface area contributed by atoms with Crippen molar-refractivity contribution in [2.24, 2.45) is 0 Å². The van der Waals surface area contributed by atoms with Crippen molar-refractivity contribution in [3.05, 3.63) is 83.9 Å². The second kappa shape index (κ2) is 9.84. The van der Waals surface area contributed by atoms with Crippen LogP contribution in [0, 0.1) is 5.82 Å². The third-order valence-corrected chi connectivity index (χ3v) is 4.54. The maximum Gasteiger partial charge on any atom is 0.318 e. The maximum atomic E-state index is 13.2. The summed E-state index contributed by atoms with van der Waals surface area (Å²) in [6.07, 6.45) is 3.62. The van der Waals surface area contributed by atoms with Crippen LogP contribution in [-0.4, -0.2) is 52.8 Å². The van der Waals surface area contributed by atoms with Gasteiger partial charge in [-0.3, -0.25) is 0 Å². The Morgan fingerprint density at radius 2 is 1.72 bits per heavy atom. The van der Waals surface area contributed by atoms with Crippen LogP contribution in [0.1, 0.15) is 11.1 Å². The van der Waals surface area contributed by atoms with Gasteiger partial charge in [0.25, 0.3) is 0 Å². The Bertz CT molecular complexity index is 892. The lowest BCUT2D eigenvalue weighted by atomic mass is 10.2. The van der Waals surface area contributed by atoms with E-state index in [4.69, 9.17) is 0 Å². The number of benzene rings is 2. The number of hydrogen-bond acceptors (Lipinski definition) is 3. The third-order valence-electron chi connectivity index (χ3n) is 4.54. The highest BCUT2D eigenvalue weighted by molar-refractivity contribution is 5.74. The van der Waals surface area contributed by atoms with Gasteiger partial charge in [0.15, 0.2) is 0 Å². The molecule has 0 aliphatic carbocycles. The highest BCUT2D eigenvalue weighted by atomic mass is 19.1. The monoisotopic (exact) mass is 395 g/mol. The van der Waals surface area contributed by atoms with E-state index in [0.29, 0.717) is 19.6 Å². The molecule has 0 bridgehead atoms. The Morgan fingerprint density at radius 1 is 1.03 bits per heavy atom. The first-order valence-corrected chi connectivity index (χ1v) is 9.52. The van der Waals surface area contributed by atoms with Crippen molar-refractivity contribution in [3.8, 4) is 5.69 Å². The molecule has 152 valence electrons. The Balaban J connectivity index is 1.60. The van der Waals surface area contributed by atoms with Crippen molar-refractivity contribution in [2.75, 3.05) is 27.2 Å². The fourth-order valence-corrected chi connectivity index (χ4v) is 2.86. The van der Waals surface area contributed by atoms with Crippen LogP contribution in [0.25, 0.3) is 5.69 Å². The summed E-state index contributed by atoms with van der Waals surface area (Å²) in [7, 11) is 3.93. The number of urea groups is 1. The van der Waals surface area contributed by atoms with Crippen LogP contribution in [0.5, 0.6) is 0 Å². The van der Waals surface area contributed by atoms with Crippen LogP contribution in [-0.2, 0) is 13.1 Å². The van der Waals surface area contributed by atoms with Crippen LogP contribution in [0.3, 0.4) is 0 Å². The van der Waals surface area contributed by atoms with E-state index in [1.807, 2.05) is 55.5 Å². The minimum Gasteiger partial charge on any atom is -0.334 e. The van der Waals surface area contributed by atoms with Gasteiger partial charge in [0.1, 0.15) is 5.82 Å². The van der Waals surface area contributed by atoms with Gasteiger partial charge in [-0.15, -0.1) is 0 Å². The first-order chi connectivity index (χ1) is 14.0. The van der Waals surface area contributed by atoms with E-state index in [0.717, 1.165) is 23.4 Å². The molecule has 0 aliphatic rings. The molecule has 0 saturated heterocycles. The van der Waals surface area contributed by atoms with Gasteiger partial charge in [0, 0.05) is 38.6 Å². The van der Waals surface area contributed by atoms with Crippen molar-refractivity contribution >= 4 is 6.03 Å². The predicted octanol–water partition coefficient (Wildman–Crippen LogP) is 3.28. The molecule has 0 fully saturated rings. The molecular weight excluding hydrogens is 369 g/mol. The zero-order valence-corrected chi connectivity index (χ0v) is 16.8. The smallest absolute Gasteiger partial charge is 0.318 e. The van der Waals surface area contributed by atoms with Gasteiger partial charge in [0.05, 0.1) is 5.69 Å². The first-order valence-electron chi connectivity index (χ1n) is 9.52. The van der Waals surface area contributed by atoms with Gasteiger partial charge in [0.2, 0.25) is 0 Å². The molecule has 0 saturated carbocycles. The van der Waals surface area contributed by atoms with E-state index in [9.17, 15) is 9.18 Å². The lowest BCUT2D eigenvalue weighted by Crippen LogP contribution is -2.42. The number of aromatic nitrogens is 2. The number of halogens is 1. The maximum absolute atomic E-state index is 13.2. The van der Waals surface area contributed by atoms with E-state index < -0.39 is 0 Å². The summed E-state index contributed by atoms with van der Waals surface area (Å²) in [5, 5.41) is 7.19. The molecule has 0 atom stereocenters. The Kier molecular flexibility index (Phi) is 6.97. The zero-order valence-electron chi connectivity index (χ0n) is 16.8. The van der Waals surface area contributed by atoms with E-state index in [2.05, 4.69) is 10.4 Å². The molecule has 0 radical (unpaired) electrons. The lowest BCUT2D eigenvalue weighted by Gasteiger charge is -2.25. The average Bonchev–Trinajstić information content (AvgIpc) is 3.26. The van der Waals surface area contributed by atoms with Crippen molar-refractivity contribution in [3.63, 3.8) is 0 Å². The van der Waals surface area contributed by atoms with Crippen molar-refractivity contribution < 1.29 is 9.18 Å². The highest BCUT2D eigenvalue weighted by Crippen LogP contribution is 2.10. The summed E-state index contributed by atoms with van der Waals surface area (Å²) in [6, 6.07) is 15.9. The number of amides is 2. The molecule has 29 heavy (non-hydrogen) atoms. The molecule has 2 amide bonds. The molecule has 3 rings (SSSR count). The summed E-state index contributed by atoms with van der Waals surface area (Å²) >= 11 is 0. The third kappa shape index (κ3) is 6.15. The van der Waals surface area contributed by atoms with Gasteiger partial charge in [-0.05, 0) is 55.6 Å². The fraction of sp³-hybridized carbons (Fsp3) is 0.273. The van der Waals surface area contributed by atoms with Gasteiger partial charge in [-0.2, -0.15) is 5.10 Å². The normalized spacial score (nSPS) is 10.9. The Morgan fingerprint density at radius 3 is 2.34 bits per heavy atom. The van der Waals surface area contributed by atoms with Crippen LogP contribution in [0.4, 0.5) is 9.18 Å². The number of nitrogens with one attached hydrogen (secondary N) is 1. The summed E-state index contributed by atoms with van der Waals surface area (Å²) in [6.45, 7) is 2.18. The van der Waals surface area contributed by atoms with Gasteiger partial charge in [-0.1, -0.05) is 24.3 Å². The van der Waals surface area contributed by atoms with Crippen LogP contribution < -0.4 is 5.32 Å². The average molecular weight is 395 g/mol. The van der Waals surface area contributed by atoms with Gasteiger partial charge >= 0.3 is 6.03 Å². The standard InChI is InChI=1S/C22H26FN5O/c1-26(2)14-15-27(17-19-4-8-20(23)9-5-19)22(29)24-16-18-6-10-21(11-7-18)28-13-3-12-25-28/h3-13H,14-17H2,1-2H3,(H,24,29). The lowest BCUT2D eigenvalue weighted by molar-refractivity contribution is 0.188. The summed E-state index contributed by atoms with van der Waals surface area (Å²) in [5.74, 6) is -0.281. The van der Waals surface area contributed by atoms with Crippen LogP contribution >= 0.6 is 0 Å². The number of likely N-dealkylation sites (N-methyl/N-ethyl adjacent to an activating group) is 1. The number of rotatable bonds is 8. The molecule has 6 nitrogen and oxygen atoms in total. The van der Waals surface area contributed by atoms with Crippen LogP contribution in [0.15, 0.2) is 67.0 Å². The molecule has 3 aromatic rings. The molecule has 0 aliphatic heterocycles. The quantitative estimate of drug-likeness (QED) is 0.637. The number of carbonyl (C=O) groups excluding carboxylic acids is 1. The molecule has 7 heteroatoms. The number of nitrogens with zero attached hydrogens (tertiary/aromatic N) is 4. The van der Waals surface area contributed by atoms with Crippen molar-refractivity contribution in [2.45, 2.75) is 13.1 Å². The molecule has 1 aromatic heterocycles. The van der Waals surface area contributed by atoms with E-state index in [1.165, 1.54) is 12.1 Å². The topological polar surface area (TPSA) is 53.4 Å². The number of carbonyl (C=O) groups is 1. The fourth-order valence-electron chi connectivity index (χ4n) is 2.86. The Labute approximate surface area is 170 Å². The summed E-state index contributed by atoms with van der Waals surface area (Å²) in [4.78, 5) is 16.5. The molecule has 1 heterocycles. The SMILES string of the molecule is CN(C)CCN(Cc1ccc(F)cc1)C(=O)NCc1ccc(-n2cccn2)cc1. The van der Waals surface area contributed by atoms with Crippen molar-refractivity contribution in [1.29, 1.82) is 0 Å². The highest BCUT2D eigenvalue weighted by Gasteiger charge is 2.14. The summed E-state index contributed by atoms with van der Waals surface area (Å²) < 4.78 is 14.9. The van der Waals surface area contributed by atoms with E-state index >= 15 is 0 Å². The first kappa shape index (κ1) is 20.5. The van der Waals surface area contributed by atoms with E-state index in [1.54, 1.807) is 27.9 Å².